The summed E-state index contributed by atoms with van der Waals surface area (Å²) in [5.41, 5.74) is 0.629. The van der Waals surface area contributed by atoms with Crippen molar-refractivity contribution in [2.75, 3.05) is 6.54 Å². The van der Waals surface area contributed by atoms with Gasteiger partial charge in [-0.1, -0.05) is 25.1 Å². The lowest BCUT2D eigenvalue weighted by Gasteiger charge is -2.16. The van der Waals surface area contributed by atoms with E-state index in [0.717, 1.165) is 6.42 Å². The summed E-state index contributed by atoms with van der Waals surface area (Å²) in [6.07, 6.45) is 1.33. The molecule has 0 aliphatic heterocycles. The summed E-state index contributed by atoms with van der Waals surface area (Å²) in [5, 5.41) is 6.06. The molecular weight excluding hydrogens is 243 g/mol. The molecule has 1 aromatic rings. The van der Waals surface area contributed by atoms with Crippen LogP contribution in [0.3, 0.4) is 0 Å². The molecule has 0 heterocycles. The van der Waals surface area contributed by atoms with Crippen LogP contribution in [-0.4, -0.2) is 18.5 Å². The van der Waals surface area contributed by atoms with Crippen LogP contribution >= 0.6 is 0 Å². The largest absolute Gasteiger partial charge is 0.354 e. The maximum absolute atomic E-state index is 13.5. The summed E-state index contributed by atoms with van der Waals surface area (Å²) in [4.78, 5) is 11.6. The number of hydrogen-bond acceptors (Lipinski definition) is 2. The zero-order valence-electron chi connectivity index (χ0n) is 11.9. The number of carbonyl (C=O) groups excluding carboxylic acids is 1. The molecule has 0 bridgehead atoms. The van der Waals surface area contributed by atoms with Crippen molar-refractivity contribution in [1.82, 2.24) is 10.6 Å². The third-order valence-corrected chi connectivity index (χ3v) is 3.19. The van der Waals surface area contributed by atoms with Crippen molar-refractivity contribution in [3.8, 4) is 0 Å². The van der Waals surface area contributed by atoms with E-state index in [1.54, 1.807) is 12.1 Å². The third kappa shape index (κ3) is 5.39. The molecule has 2 unspecified atom stereocenters. The van der Waals surface area contributed by atoms with Crippen LogP contribution in [0.25, 0.3) is 0 Å². The average Bonchev–Trinajstić information content (AvgIpc) is 2.38. The Bertz CT molecular complexity index is 409. The van der Waals surface area contributed by atoms with Gasteiger partial charge in [0.05, 0.1) is 0 Å². The Morgan fingerprint density at radius 1 is 1.32 bits per heavy atom. The molecule has 0 fully saturated rings. The summed E-state index contributed by atoms with van der Waals surface area (Å²) >= 11 is 0. The Morgan fingerprint density at radius 3 is 2.63 bits per heavy atom. The van der Waals surface area contributed by atoms with Crippen LogP contribution in [0.5, 0.6) is 0 Å². The van der Waals surface area contributed by atoms with Crippen molar-refractivity contribution in [3.05, 3.63) is 35.6 Å². The Kier molecular flexibility index (Phi) is 6.50. The number of halogens is 1. The van der Waals surface area contributed by atoms with Crippen LogP contribution in [0, 0.1) is 5.82 Å². The molecule has 0 radical (unpaired) electrons. The van der Waals surface area contributed by atoms with Gasteiger partial charge in [0, 0.05) is 30.6 Å². The van der Waals surface area contributed by atoms with Crippen molar-refractivity contribution in [3.63, 3.8) is 0 Å². The summed E-state index contributed by atoms with van der Waals surface area (Å²) in [5.74, 6) is -0.186. The average molecular weight is 266 g/mol. The number of nitrogens with one attached hydrogen (secondary N) is 2. The van der Waals surface area contributed by atoms with Gasteiger partial charge in [0.15, 0.2) is 0 Å². The number of amides is 1. The van der Waals surface area contributed by atoms with E-state index in [4.69, 9.17) is 0 Å². The van der Waals surface area contributed by atoms with Gasteiger partial charge in [-0.25, -0.2) is 4.39 Å². The van der Waals surface area contributed by atoms with Gasteiger partial charge < -0.3 is 10.6 Å². The zero-order valence-corrected chi connectivity index (χ0v) is 11.9. The zero-order chi connectivity index (χ0) is 14.3. The summed E-state index contributed by atoms with van der Waals surface area (Å²) in [6, 6.07) is 6.79. The first-order valence-electron chi connectivity index (χ1n) is 6.81. The Labute approximate surface area is 114 Å². The highest BCUT2D eigenvalue weighted by Gasteiger charge is 2.10. The fourth-order valence-electron chi connectivity index (χ4n) is 1.79. The van der Waals surface area contributed by atoms with E-state index in [9.17, 15) is 9.18 Å². The van der Waals surface area contributed by atoms with Gasteiger partial charge in [0.2, 0.25) is 5.91 Å². The first-order valence-corrected chi connectivity index (χ1v) is 6.81. The van der Waals surface area contributed by atoms with Crippen LogP contribution in [0.15, 0.2) is 24.3 Å². The number of carbonyl (C=O) groups is 1. The molecular formula is C15H23FN2O. The molecule has 0 aliphatic carbocycles. The SMILES string of the molecule is CCC(C)NC(=O)CCNC(C)c1ccccc1F. The van der Waals surface area contributed by atoms with Gasteiger partial charge in [-0.3, -0.25) is 4.79 Å². The first-order chi connectivity index (χ1) is 9.04. The van der Waals surface area contributed by atoms with Crippen molar-refractivity contribution < 1.29 is 9.18 Å². The van der Waals surface area contributed by atoms with E-state index < -0.39 is 0 Å². The van der Waals surface area contributed by atoms with E-state index >= 15 is 0 Å². The van der Waals surface area contributed by atoms with E-state index in [0.29, 0.717) is 18.5 Å². The van der Waals surface area contributed by atoms with Gasteiger partial charge in [0.25, 0.3) is 0 Å². The van der Waals surface area contributed by atoms with Crippen molar-refractivity contribution in [2.45, 2.75) is 45.7 Å². The Morgan fingerprint density at radius 2 is 2.00 bits per heavy atom. The maximum atomic E-state index is 13.5. The van der Waals surface area contributed by atoms with Gasteiger partial charge in [-0.2, -0.15) is 0 Å². The van der Waals surface area contributed by atoms with E-state index in [2.05, 4.69) is 10.6 Å². The molecule has 0 aromatic heterocycles. The summed E-state index contributed by atoms with van der Waals surface area (Å²) in [6.45, 7) is 6.44. The summed E-state index contributed by atoms with van der Waals surface area (Å²) < 4.78 is 13.5. The lowest BCUT2D eigenvalue weighted by atomic mass is 10.1. The highest BCUT2D eigenvalue weighted by molar-refractivity contribution is 5.76. The second kappa shape index (κ2) is 7.89. The molecule has 0 saturated heterocycles. The third-order valence-electron chi connectivity index (χ3n) is 3.19. The second-order valence-electron chi connectivity index (χ2n) is 4.82. The first kappa shape index (κ1) is 15.6. The normalized spacial score (nSPS) is 13.9. The maximum Gasteiger partial charge on any atom is 0.221 e. The highest BCUT2D eigenvalue weighted by atomic mass is 19.1. The van der Waals surface area contributed by atoms with Gasteiger partial charge >= 0.3 is 0 Å². The van der Waals surface area contributed by atoms with Crippen LogP contribution in [0.4, 0.5) is 4.39 Å². The van der Waals surface area contributed by atoms with Crippen LogP contribution in [0.2, 0.25) is 0 Å². The lowest BCUT2D eigenvalue weighted by molar-refractivity contribution is -0.121. The second-order valence-corrected chi connectivity index (χ2v) is 4.82. The highest BCUT2D eigenvalue weighted by Crippen LogP contribution is 2.15. The van der Waals surface area contributed by atoms with Crippen molar-refractivity contribution in [2.24, 2.45) is 0 Å². The quantitative estimate of drug-likeness (QED) is 0.796. The van der Waals surface area contributed by atoms with E-state index in [1.807, 2.05) is 26.8 Å². The predicted molar refractivity (Wildman–Crippen MR) is 75.3 cm³/mol. The van der Waals surface area contributed by atoms with Crippen molar-refractivity contribution >= 4 is 5.91 Å². The summed E-state index contributed by atoms with van der Waals surface area (Å²) in [7, 11) is 0. The minimum absolute atomic E-state index is 0.0302. The molecule has 0 spiro atoms. The fraction of sp³-hybridized carbons (Fsp3) is 0.533. The predicted octanol–water partition coefficient (Wildman–Crippen LogP) is 2.78. The van der Waals surface area contributed by atoms with Crippen LogP contribution in [-0.2, 0) is 4.79 Å². The standard InChI is InChI=1S/C15H23FN2O/c1-4-11(2)18-15(19)9-10-17-12(3)13-7-5-6-8-14(13)16/h5-8,11-12,17H,4,9-10H2,1-3H3,(H,18,19). The van der Waals surface area contributed by atoms with E-state index in [-0.39, 0.29) is 23.8 Å². The molecule has 19 heavy (non-hydrogen) atoms. The van der Waals surface area contributed by atoms with Gasteiger partial charge in [-0.15, -0.1) is 0 Å². The molecule has 3 nitrogen and oxygen atoms in total. The van der Waals surface area contributed by atoms with E-state index in [1.165, 1.54) is 6.07 Å². The molecule has 1 rings (SSSR count). The topological polar surface area (TPSA) is 41.1 Å². The lowest BCUT2D eigenvalue weighted by Crippen LogP contribution is -2.34. The molecule has 1 aromatic carbocycles. The molecule has 0 saturated carbocycles. The van der Waals surface area contributed by atoms with Gasteiger partial charge in [-0.05, 0) is 26.3 Å². The smallest absolute Gasteiger partial charge is 0.221 e. The monoisotopic (exact) mass is 266 g/mol. The Balaban J connectivity index is 2.33. The molecule has 4 heteroatoms. The molecule has 106 valence electrons. The number of rotatable bonds is 7. The number of hydrogen-bond donors (Lipinski definition) is 2. The van der Waals surface area contributed by atoms with Crippen molar-refractivity contribution in [1.29, 1.82) is 0 Å². The van der Waals surface area contributed by atoms with Crippen LogP contribution in [0.1, 0.15) is 45.2 Å². The molecule has 0 aliphatic rings. The molecule has 2 atom stereocenters. The van der Waals surface area contributed by atoms with Crippen LogP contribution < -0.4 is 10.6 Å². The number of benzene rings is 1. The minimum Gasteiger partial charge on any atom is -0.354 e. The fourth-order valence-corrected chi connectivity index (χ4v) is 1.79. The Hall–Kier alpha value is -1.42. The molecule has 2 N–H and O–H groups in total. The van der Waals surface area contributed by atoms with Gasteiger partial charge in [0.1, 0.15) is 5.82 Å². The molecule has 1 amide bonds. The minimum atomic E-state index is -0.216.